The van der Waals surface area contributed by atoms with Crippen molar-refractivity contribution < 1.29 is 9.90 Å². The first-order chi connectivity index (χ1) is 6.40. The lowest BCUT2D eigenvalue weighted by Gasteiger charge is -2.15. The summed E-state index contributed by atoms with van der Waals surface area (Å²) in [6.07, 6.45) is 0.980. The molecule has 0 saturated carbocycles. The normalized spacial score (nSPS) is 15.9. The fraction of sp³-hybridized carbons (Fsp3) is 0.600. The minimum atomic E-state index is -0.681. The molecule has 0 heterocycles. The highest BCUT2D eigenvalue weighted by molar-refractivity contribution is 5.99. The van der Waals surface area contributed by atoms with Crippen LogP contribution in [-0.2, 0) is 4.79 Å². The zero-order valence-corrected chi connectivity index (χ0v) is 9.09. The summed E-state index contributed by atoms with van der Waals surface area (Å²) in [6, 6.07) is 0. The van der Waals surface area contributed by atoms with E-state index in [2.05, 4.69) is 5.32 Å². The van der Waals surface area contributed by atoms with E-state index >= 15 is 0 Å². The van der Waals surface area contributed by atoms with Gasteiger partial charge in [-0.25, -0.2) is 0 Å². The van der Waals surface area contributed by atoms with Crippen molar-refractivity contribution in [2.24, 2.45) is 5.92 Å². The van der Waals surface area contributed by atoms with Gasteiger partial charge in [-0.1, -0.05) is 13.0 Å². The molecule has 0 aliphatic rings. The lowest BCUT2D eigenvalue weighted by Crippen LogP contribution is -2.35. The second kappa shape index (κ2) is 5.54. The van der Waals surface area contributed by atoms with Gasteiger partial charge in [0.2, 0.25) is 5.91 Å². The summed E-state index contributed by atoms with van der Waals surface area (Å²) in [6.45, 7) is 6.56. The summed E-state index contributed by atoms with van der Waals surface area (Å²) in [4.78, 5) is 11.4. The van der Waals surface area contributed by atoms with Crippen molar-refractivity contribution in [2.75, 3.05) is 0 Å². The van der Waals surface area contributed by atoms with E-state index in [1.807, 2.05) is 0 Å². The van der Waals surface area contributed by atoms with Gasteiger partial charge in [0.05, 0.1) is 23.4 Å². The molecular formula is C10H18N2O2. The van der Waals surface area contributed by atoms with Crippen molar-refractivity contribution in [1.82, 2.24) is 5.32 Å². The molecule has 0 aromatic heterocycles. The fourth-order valence-corrected chi connectivity index (χ4v) is 0.848. The number of hydrogen-bond acceptors (Lipinski definition) is 3. The molecule has 80 valence electrons. The quantitative estimate of drug-likeness (QED) is 0.591. The molecule has 0 rings (SSSR count). The third-order valence-electron chi connectivity index (χ3n) is 2.09. The van der Waals surface area contributed by atoms with Gasteiger partial charge in [0, 0.05) is 0 Å². The molecule has 0 fully saturated rings. The topological polar surface area (TPSA) is 73.2 Å². The Morgan fingerprint density at radius 1 is 1.50 bits per heavy atom. The monoisotopic (exact) mass is 198 g/mol. The third-order valence-corrected chi connectivity index (χ3v) is 2.09. The summed E-state index contributed by atoms with van der Waals surface area (Å²) in [5.41, 5.74) is 0.793. The molecule has 0 aliphatic carbocycles. The predicted octanol–water partition coefficient (Wildman–Crippen LogP) is 1.06. The van der Waals surface area contributed by atoms with E-state index < -0.39 is 12.0 Å². The molecule has 3 N–H and O–H groups in total. The number of nitrogens with one attached hydrogen (secondary N) is 2. The number of carbonyl (C=O) groups is 1. The van der Waals surface area contributed by atoms with Crippen molar-refractivity contribution in [3.63, 3.8) is 0 Å². The molecule has 1 amide bonds. The SMILES string of the molecule is C/C=C(/NC(=O)C(C)C(C)O)C(C)=N. The smallest absolute Gasteiger partial charge is 0.229 e. The number of amides is 1. The molecule has 0 radical (unpaired) electrons. The van der Waals surface area contributed by atoms with Crippen molar-refractivity contribution >= 4 is 11.6 Å². The first-order valence-electron chi connectivity index (χ1n) is 4.61. The minimum Gasteiger partial charge on any atom is -0.393 e. The maximum absolute atomic E-state index is 11.4. The first kappa shape index (κ1) is 12.8. The van der Waals surface area contributed by atoms with Crippen LogP contribution < -0.4 is 5.32 Å². The summed E-state index contributed by atoms with van der Waals surface area (Å²) >= 11 is 0. The standard InChI is InChI=1S/C10H18N2O2/c1-5-9(7(3)11)12-10(14)6(2)8(4)13/h5-6,8,11,13H,1-4H3,(H,12,14)/b9-5+,11-7?. The molecule has 14 heavy (non-hydrogen) atoms. The average molecular weight is 198 g/mol. The van der Waals surface area contributed by atoms with Crippen LogP contribution in [0.4, 0.5) is 0 Å². The van der Waals surface area contributed by atoms with E-state index in [9.17, 15) is 9.90 Å². The fourth-order valence-electron chi connectivity index (χ4n) is 0.848. The van der Waals surface area contributed by atoms with Crippen LogP contribution in [-0.4, -0.2) is 22.8 Å². The molecular weight excluding hydrogens is 180 g/mol. The van der Waals surface area contributed by atoms with E-state index in [1.165, 1.54) is 0 Å². The number of hydrogen-bond donors (Lipinski definition) is 3. The van der Waals surface area contributed by atoms with Crippen LogP contribution in [0.25, 0.3) is 0 Å². The summed E-state index contributed by atoms with van der Waals surface area (Å²) in [5, 5.41) is 19.1. The van der Waals surface area contributed by atoms with Crippen LogP contribution >= 0.6 is 0 Å². The highest BCUT2D eigenvalue weighted by atomic mass is 16.3. The van der Waals surface area contributed by atoms with Gasteiger partial charge in [0.25, 0.3) is 0 Å². The molecule has 4 nitrogen and oxygen atoms in total. The Morgan fingerprint density at radius 3 is 2.29 bits per heavy atom. The van der Waals surface area contributed by atoms with Crippen LogP contribution in [0.1, 0.15) is 27.7 Å². The molecule has 0 aromatic carbocycles. The summed E-state index contributed by atoms with van der Waals surface area (Å²) < 4.78 is 0. The van der Waals surface area contributed by atoms with Crippen LogP contribution in [0.2, 0.25) is 0 Å². The second-order valence-corrected chi connectivity index (χ2v) is 3.35. The lowest BCUT2D eigenvalue weighted by atomic mass is 10.1. The Labute approximate surface area is 84.5 Å². The Balaban J connectivity index is 4.39. The maximum Gasteiger partial charge on any atom is 0.229 e. The third kappa shape index (κ3) is 3.70. The highest BCUT2D eigenvalue weighted by Gasteiger charge is 2.18. The molecule has 0 aromatic rings. The Kier molecular flexibility index (Phi) is 5.09. The number of carbonyl (C=O) groups excluding carboxylic acids is 1. The Morgan fingerprint density at radius 2 is 2.00 bits per heavy atom. The van der Waals surface area contributed by atoms with Crippen molar-refractivity contribution in [3.05, 3.63) is 11.8 Å². The highest BCUT2D eigenvalue weighted by Crippen LogP contribution is 2.03. The molecule has 0 aliphatic heterocycles. The Hall–Kier alpha value is -1.16. The second-order valence-electron chi connectivity index (χ2n) is 3.35. The molecule has 4 heteroatoms. The zero-order chi connectivity index (χ0) is 11.3. The molecule has 2 unspecified atom stereocenters. The van der Waals surface area contributed by atoms with Gasteiger partial charge in [-0.2, -0.15) is 0 Å². The summed E-state index contributed by atoms with van der Waals surface area (Å²) in [7, 11) is 0. The van der Waals surface area contributed by atoms with Crippen molar-refractivity contribution in [2.45, 2.75) is 33.8 Å². The van der Waals surface area contributed by atoms with E-state index in [0.717, 1.165) is 0 Å². The van der Waals surface area contributed by atoms with Crippen LogP contribution in [0.15, 0.2) is 11.8 Å². The zero-order valence-electron chi connectivity index (χ0n) is 9.09. The number of rotatable bonds is 4. The number of allylic oxidation sites excluding steroid dienone is 2. The lowest BCUT2D eigenvalue weighted by molar-refractivity contribution is -0.126. The number of aliphatic hydroxyl groups is 1. The molecule has 0 bridgehead atoms. The van der Waals surface area contributed by atoms with E-state index in [1.54, 1.807) is 33.8 Å². The molecule has 2 atom stereocenters. The van der Waals surface area contributed by atoms with Crippen LogP contribution in [0.5, 0.6) is 0 Å². The van der Waals surface area contributed by atoms with Crippen LogP contribution in [0, 0.1) is 11.3 Å². The number of aliphatic hydroxyl groups excluding tert-OH is 1. The predicted molar refractivity (Wildman–Crippen MR) is 56.1 cm³/mol. The van der Waals surface area contributed by atoms with Gasteiger partial charge in [-0.15, -0.1) is 0 Å². The van der Waals surface area contributed by atoms with Gasteiger partial charge in [0.15, 0.2) is 0 Å². The minimum absolute atomic E-state index is 0.264. The average Bonchev–Trinajstić information content (AvgIpc) is 2.11. The molecule has 0 spiro atoms. The van der Waals surface area contributed by atoms with Gasteiger partial charge < -0.3 is 15.8 Å². The first-order valence-corrected chi connectivity index (χ1v) is 4.61. The van der Waals surface area contributed by atoms with E-state index in [0.29, 0.717) is 11.4 Å². The van der Waals surface area contributed by atoms with Crippen LogP contribution in [0.3, 0.4) is 0 Å². The van der Waals surface area contributed by atoms with E-state index in [-0.39, 0.29) is 5.91 Å². The van der Waals surface area contributed by atoms with E-state index in [4.69, 9.17) is 5.41 Å². The summed E-state index contributed by atoms with van der Waals surface area (Å²) in [5.74, 6) is -0.732. The van der Waals surface area contributed by atoms with Gasteiger partial charge >= 0.3 is 0 Å². The van der Waals surface area contributed by atoms with Crippen molar-refractivity contribution in [1.29, 1.82) is 5.41 Å². The van der Waals surface area contributed by atoms with Gasteiger partial charge in [0.1, 0.15) is 0 Å². The molecule has 0 saturated heterocycles. The maximum atomic E-state index is 11.4. The van der Waals surface area contributed by atoms with Gasteiger partial charge in [-0.3, -0.25) is 4.79 Å². The Bertz CT molecular complexity index is 257. The largest absolute Gasteiger partial charge is 0.393 e. The van der Waals surface area contributed by atoms with Gasteiger partial charge in [-0.05, 0) is 20.8 Å². The van der Waals surface area contributed by atoms with Crippen molar-refractivity contribution in [3.8, 4) is 0 Å².